The standard InChI is InChI=1S/C15H22N2O2/c1-4-19-14(18)11-7-5-8-12(16)13(11)17-10-6-9-15(17,2)3/h5,7-8H,4,6,9-10,16H2,1-3H3. The molecule has 0 aromatic heterocycles. The summed E-state index contributed by atoms with van der Waals surface area (Å²) in [5.74, 6) is -0.299. The van der Waals surface area contributed by atoms with Crippen LogP contribution in [0.5, 0.6) is 0 Å². The van der Waals surface area contributed by atoms with Gasteiger partial charge in [-0.05, 0) is 45.7 Å². The molecule has 0 aliphatic carbocycles. The number of carbonyl (C=O) groups excluding carboxylic acids is 1. The highest BCUT2D eigenvalue weighted by atomic mass is 16.5. The number of carbonyl (C=O) groups is 1. The SMILES string of the molecule is CCOC(=O)c1cccc(N)c1N1CCCC1(C)C. The Morgan fingerprint density at radius 3 is 2.79 bits per heavy atom. The van der Waals surface area contributed by atoms with Gasteiger partial charge in [-0.1, -0.05) is 6.07 Å². The highest BCUT2D eigenvalue weighted by molar-refractivity contribution is 5.99. The number of nitrogen functional groups attached to an aromatic ring is 1. The van der Waals surface area contributed by atoms with Gasteiger partial charge in [-0.3, -0.25) is 0 Å². The minimum Gasteiger partial charge on any atom is -0.462 e. The molecule has 0 atom stereocenters. The number of para-hydroxylation sites is 1. The van der Waals surface area contributed by atoms with Gasteiger partial charge in [0.15, 0.2) is 0 Å². The number of hydrogen-bond donors (Lipinski definition) is 1. The Hall–Kier alpha value is -1.71. The minimum atomic E-state index is -0.299. The van der Waals surface area contributed by atoms with Crippen molar-refractivity contribution in [1.29, 1.82) is 0 Å². The van der Waals surface area contributed by atoms with Crippen LogP contribution < -0.4 is 10.6 Å². The van der Waals surface area contributed by atoms with Gasteiger partial charge in [-0.15, -0.1) is 0 Å². The van der Waals surface area contributed by atoms with E-state index in [-0.39, 0.29) is 11.5 Å². The highest BCUT2D eigenvalue weighted by Gasteiger charge is 2.35. The third-order valence-electron chi connectivity index (χ3n) is 3.73. The number of rotatable bonds is 3. The van der Waals surface area contributed by atoms with Gasteiger partial charge in [0.05, 0.1) is 23.5 Å². The van der Waals surface area contributed by atoms with Crippen LogP contribution in [0.3, 0.4) is 0 Å². The number of nitrogens with zero attached hydrogens (tertiary/aromatic N) is 1. The molecule has 0 radical (unpaired) electrons. The third-order valence-corrected chi connectivity index (χ3v) is 3.73. The van der Waals surface area contributed by atoms with Gasteiger partial charge >= 0.3 is 5.97 Å². The number of benzene rings is 1. The smallest absolute Gasteiger partial charge is 0.340 e. The summed E-state index contributed by atoms with van der Waals surface area (Å²) >= 11 is 0. The van der Waals surface area contributed by atoms with Gasteiger partial charge in [0.2, 0.25) is 0 Å². The molecule has 4 heteroatoms. The lowest BCUT2D eigenvalue weighted by molar-refractivity contribution is 0.0527. The maximum Gasteiger partial charge on any atom is 0.340 e. The number of esters is 1. The van der Waals surface area contributed by atoms with E-state index in [9.17, 15) is 4.79 Å². The maximum atomic E-state index is 12.1. The Morgan fingerprint density at radius 1 is 1.47 bits per heavy atom. The normalized spacial score (nSPS) is 17.5. The summed E-state index contributed by atoms with van der Waals surface area (Å²) in [4.78, 5) is 14.3. The van der Waals surface area contributed by atoms with E-state index < -0.39 is 0 Å². The van der Waals surface area contributed by atoms with Crippen molar-refractivity contribution >= 4 is 17.3 Å². The molecule has 104 valence electrons. The van der Waals surface area contributed by atoms with Gasteiger partial charge in [0.25, 0.3) is 0 Å². The van der Waals surface area contributed by atoms with E-state index in [1.165, 1.54) is 0 Å². The maximum absolute atomic E-state index is 12.1. The molecule has 19 heavy (non-hydrogen) atoms. The van der Waals surface area contributed by atoms with Crippen molar-refractivity contribution in [2.75, 3.05) is 23.8 Å². The molecule has 1 saturated heterocycles. The van der Waals surface area contributed by atoms with Crippen LogP contribution in [0.15, 0.2) is 18.2 Å². The first-order valence-corrected chi connectivity index (χ1v) is 6.80. The summed E-state index contributed by atoms with van der Waals surface area (Å²) in [5.41, 5.74) is 8.16. The molecule has 2 N–H and O–H groups in total. The molecule has 0 spiro atoms. The molecule has 1 fully saturated rings. The summed E-state index contributed by atoms with van der Waals surface area (Å²) in [6.07, 6.45) is 2.22. The summed E-state index contributed by atoms with van der Waals surface area (Å²) in [7, 11) is 0. The highest BCUT2D eigenvalue weighted by Crippen LogP contribution is 2.39. The van der Waals surface area contributed by atoms with Gasteiger partial charge in [0.1, 0.15) is 0 Å². The summed E-state index contributed by atoms with van der Waals surface area (Å²) < 4.78 is 5.13. The van der Waals surface area contributed by atoms with E-state index in [1.807, 2.05) is 13.0 Å². The van der Waals surface area contributed by atoms with Crippen molar-refractivity contribution in [3.05, 3.63) is 23.8 Å². The molecule has 0 bridgehead atoms. The van der Waals surface area contributed by atoms with E-state index in [0.717, 1.165) is 25.1 Å². The fraction of sp³-hybridized carbons (Fsp3) is 0.533. The average molecular weight is 262 g/mol. The van der Waals surface area contributed by atoms with Crippen molar-refractivity contribution in [2.45, 2.75) is 39.2 Å². The first kappa shape index (κ1) is 13.7. The zero-order chi connectivity index (χ0) is 14.0. The Labute approximate surface area is 114 Å². The third kappa shape index (κ3) is 2.53. The average Bonchev–Trinajstić information content (AvgIpc) is 2.69. The molecular weight excluding hydrogens is 240 g/mol. The quantitative estimate of drug-likeness (QED) is 0.672. The topological polar surface area (TPSA) is 55.6 Å². The molecule has 0 amide bonds. The Bertz CT molecular complexity index is 483. The largest absolute Gasteiger partial charge is 0.462 e. The fourth-order valence-corrected chi connectivity index (χ4v) is 2.76. The van der Waals surface area contributed by atoms with Crippen molar-refractivity contribution < 1.29 is 9.53 Å². The Balaban J connectivity index is 2.47. The lowest BCUT2D eigenvalue weighted by Gasteiger charge is -2.35. The molecule has 1 aromatic rings. The summed E-state index contributed by atoms with van der Waals surface area (Å²) in [6, 6.07) is 5.43. The van der Waals surface area contributed by atoms with Gasteiger partial charge < -0.3 is 15.4 Å². The second-order valence-corrected chi connectivity index (χ2v) is 5.53. The summed E-state index contributed by atoms with van der Waals surface area (Å²) in [6.45, 7) is 7.47. The molecule has 0 unspecified atom stereocenters. The molecular formula is C15H22N2O2. The first-order chi connectivity index (χ1) is 8.97. The van der Waals surface area contributed by atoms with Crippen LogP contribution in [0.1, 0.15) is 44.0 Å². The molecule has 4 nitrogen and oxygen atoms in total. The molecule has 2 rings (SSSR count). The molecule has 1 heterocycles. The van der Waals surface area contributed by atoms with E-state index >= 15 is 0 Å². The fourth-order valence-electron chi connectivity index (χ4n) is 2.76. The lowest BCUT2D eigenvalue weighted by Crippen LogP contribution is -2.39. The van der Waals surface area contributed by atoms with Gasteiger partial charge in [0, 0.05) is 12.1 Å². The van der Waals surface area contributed by atoms with E-state index in [1.54, 1.807) is 12.1 Å². The predicted molar refractivity (Wildman–Crippen MR) is 77.5 cm³/mol. The number of hydrogen-bond acceptors (Lipinski definition) is 4. The van der Waals surface area contributed by atoms with E-state index in [2.05, 4.69) is 18.7 Å². The lowest BCUT2D eigenvalue weighted by atomic mass is 10.00. The predicted octanol–water partition coefficient (Wildman–Crippen LogP) is 2.82. The van der Waals surface area contributed by atoms with Crippen LogP contribution in [-0.4, -0.2) is 24.7 Å². The van der Waals surface area contributed by atoms with E-state index in [4.69, 9.17) is 10.5 Å². The van der Waals surface area contributed by atoms with Crippen LogP contribution in [0, 0.1) is 0 Å². The van der Waals surface area contributed by atoms with Crippen LogP contribution in [-0.2, 0) is 4.74 Å². The number of anilines is 2. The van der Waals surface area contributed by atoms with Crippen molar-refractivity contribution in [3.8, 4) is 0 Å². The van der Waals surface area contributed by atoms with Gasteiger partial charge in [-0.25, -0.2) is 4.79 Å². The monoisotopic (exact) mass is 262 g/mol. The Kier molecular flexibility index (Phi) is 3.69. The molecule has 1 aromatic carbocycles. The van der Waals surface area contributed by atoms with Crippen LogP contribution in [0.4, 0.5) is 11.4 Å². The zero-order valence-electron chi connectivity index (χ0n) is 11.9. The number of nitrogens with two attached hydrogens (primary N) is 1. The van der Waals surface area contributed by atoms with Crippen molar-refractivity contribution in [2.24, 2.45) is 0 Å². The minimum absolute atomic E-state index is 0.0245. The van der Waals surface area contributed by atoms with E-state index in [0.29, 0.717) is 17.9 Å². The Morgan fingerprint density at radius 2 is 2.21 bits per heavy atom. The zero-order valence-corrected chi connectivity index (χ0v) is 11.9. The molecule has 1 aliphatic heterocycles. The molecule has 1 aliphatic rings. The first-order valence-electron chi connectivity index (χ1n) is 6.80. The second kappa shape index (κ2) is 5.11. The number of ether oxygens (including phenoxy) is 1. The van der Waals surface area contributed by atoms with Gasteiger partial charge in [-0.2, -0.15) is 0 Å². The van der Waals surface area contributed by atoms with Crippen LogP contribution >= 0.6 is 0 Å². The molecule has 0 saturated carbocycles. The van der Waals surface area contributed by atoms with Crippen molar-refractivity contribution in [3.63, 3.8) is 0 Å². The van der Waals surface area contributed by atoms with Crippen LogP contribution in [0.2, 0.25) is 0 Å². The second-order valence-electron chi connectivity index (χ2n) is 5.53. The van der Waals surface area contributed by atoms with Crippen LogP contribution in [0.25, 0.3) is 0 Å². The summed E-state index contributed by atoms with van der Waals surface area (Å²) in [5, 5.41) is 0. The van der Waals surface area contributed by atoms with Crippen molar-refractivity contribution in [1.82, 2.24) is 0 Å².